The van der Waals surface area contributed by atoms with Crippen molar-refractivity contribution in [3.05, 3.63) is 297 Å². The summed E-state index contributed by atoms with van der Waals surface area (Å²) in [4.78, 5) is 14.2. The lowest BCUT2D eigenvalue weighted by atomic mass is 9.13. The summed E-state index contributed by atoms with van der Waals surface area (Å²) < 4.78 is 9.57. The van der Waals surface area contributed by atoms with Gasteiger partial charge in [-0.2, -0.15) is 48.3 Å². The maximum Gasteiger partial charge on any atom is 0.481 e. The lowest BCUT2D eigenvalue weighted by molar-refractivity contribution is -0.614. The molecule has 0 saturated carbocycles. The van der Waals surface area contributed by atoms with Crippen LogP contribution < -0.4 is 67.4 Å². The van der Waals surface area contributed by atoms with Gasteiger partial charge < -0.3 is 14.5 Å². The predicted molar refractivity (Wildman–Crippen MR) is 344 cm³/mol. The molecule has 0 spiro atoms. The van der Waals surface area contributed by atoms with Crippen molar-refractivity contribution in [3.63, 3.8) is 0 Å². The Hall–Kier alpha value is -9.04. The second kappa shape index (κ2) is 26.5. The Morgan fingerprint density at radius 1 is 0.366 bits per heavy atom. The van der Waals surface area contributed by atoms with E-state index >= 15 is 0 Å². The summed E-state index contributed by atoms with van der Waals surface area (Å²) in [6.07, 6.45) is 10.6. The van der Waals surface area contributed by atoms with Crippen LogP contribution in [0.1, 0.15) is 32.6 Å². The van der Waals surface area contributed by atoms with Crippen molar-refractivity contribution in [3.8, 4) is 17.6 Å². The van der Waals surface area contributed by atoms with Crippen LogP contribution in [0.4, 0.5) is 11.4 Å². The van der Waals surface area contributed by atoms with Crippen molar-refractivity contribution in [2.75, 3.05) is 42.6 Å². The van der Waals surface area contributed by atoms with Crippen LogP contribution in [0.5, 0.6) is 5.88 Å². The largest absolute Gasteiger partial charge is 0.481 e. The van der Waals surface area contributed by atoms with Crippen LogP contribution in [0.3, 0.4) is 0 Å². The monoisotopic (exact) mass is 1090 g/mol. The van der Waals surface area contributed by atoms with Crippen molar-refractivity contribution in [1.29, 1.82) is 0 Å². The van der Waals surface area contributed by atoms with Gasteiger partial charge in [0.05, 0.1) is 31.4 Å². The van der Waals surface area contributed by atoms with Gasteiger partial charge >= 0.3 is 17.6 Å². The Morgan fingerprint density at radius 2 is 0.622 bits per heavy atom. The predicted octanol–water partition coefficient (Wildman–Crippen LogP) is 9.41. The van der Waals surface area contributed by atoms with E-state index in [1.807, 2.05) is 40.8 Å². The number of pyridine rings is 2. The summed E-state index contributed by atoms with van der Waals surface area (Å²) in [6.45, 7) is 6.86. The molecular weight excluding hydrogens is 1020 g/mol. The van der Waals surface area contributed by atoms with E-state index in [9.17, 15) is 0 Å². The van der Waals surface area contributed by atoms with E-state index in [1.54, 1.807) is 0 Å². The first-order valence-corrected chi connectivity index (χ1v) is 29.4. The fraction of sp³-hybridized carbons (Fsp3) is 0.139. The summed E-state index contributed by atoms with van der Waals surface area (Å²) >= 11 is 6.66. The van der Waals surface area contributed by atoms with Crippen LogP contribution in [0, 0.1) is 0 Å². The van der Waals surface area contributed by atoms with E-state index in [-0.39, 0.29) is 0 Å². The molecule has 2 saturated heterocycles. The first-order valence-electron chi connectivity index (χ1n) is 29.1. The van der Waals surface area contributed by atoms with Crippen LogP contribution in [0.15, 0.2) is 292 Å². The maximum atomic E-state index is 6.66. The summed E-state index contributed by atoms with van der Waals surface area (Å²) in [7, 11) is 0. The number of benzene rings is 8. The van der Waals surface area contributed by atoms with Gasteiger partial charge in [-0.1, -0.05) is 254 Å². The molecule has 8 aromatic carbocycles. The van der Waals surface area contributed by atoms with Crippen LogP contribution in [-0.2, 0) is 0 Å². The summed E-state index contributed by atoms with van der Waals surface area (Å²) in [5.74, 6) is 1.52. The van der Waals surface area contributed by atoms with Crippen LogP contribution in [0.25, 0.3) is 11.8 Å². The highest BCUT2D eigenvalue weighted by Gasteiger charge is 2.33. The average molecular weight is 1090 g/mol. The molecule has 406 valence electrons. The van der Waals surface area contributed by atoms with Crippen LogP contribution in [-0.4, -0.2) is 55.0 Å². The second-order valence-corrected chi connectivity index (χ2v) is 21.6. The highest BCUT2D eigenvalue weighted by atomic mass is 35.5. The Morgan fingerprint density at radius 3 is 0.878 bits per heavy atom. The normalized spacial score (nSPS) is 13.1. The molecule has 0 amide bonds. The molecule has 10 heteroatoms. The molecule has 2 aliphatic rings. The van der Waals surface area contributed by atoms with Crippen LogP contribution >= 0.6 is 11.6 Å². The smallest absolute Gasteiger partial charge is 0.465 e. The van der Waals surface area contributed by atoms with Gasteiger partial charge in [0.25, 0.3) is 0 Å². The summed E-state index contributed by atoms with van der Waals surface area (Å²) in [5.41, 5.74) is 13.2. The molecule has 0 radical (unpaired) electrons. The third-order valence-corrected chi connectivity index (χ3v) is 16.8. The third-order valence-electron chi connectivity index (χ3n) is 16.5. The minimum absolute atomic E-state index is 0.390. The van der Waals surface area contributed by atoms with Crippen molar-refractivity contribution in [2.45, 2.75) is 32.6 Å². The fourth-order valence-electron chi connectivity index (χ4n) is 12.7. The second-order valence-electron chi connectivity index (χ2n) is 21.2. The molecule has 5 heterocycles. The molecule has 0 atom stereocenters. The number of ether oxygens (including phenoxy) is 1. The zero-order valence-electron chi connectivity index (χ0n) is 46.7. The molecule has 0 bridgehead atoms. The molecule has 3 aromatic heterocycles. The van der Waals surface area contributed by atoms with Gasteiger partial charge in [-0.3, -0.25) is 0 Å². The van der Waals surface area contributed by atoms with Gasteiger partial charge in [0, 0.05) is 54.7 Å². The summed E-state index contributed by atoms with van der Waals surface area (Å²) in [5, 5.41) is 0.406. The molecule has 0 aliphatic carbocycles. The number of rotatable bonds is 14. The lowest BCUT2D eigenvalue weighted by Gasteiger charge is -2.44. The van der Waals surface area contributed by atoms with Crippen molar-refractivity contribution >= 4 is 79.0 Å². The minimum Gasteiger partial charge on any atom is -0.465 e. The molecule has 0 N–H and O–H groups in total. The molecule has 2 aliphatic heterocycles. The number of hydrogen-bond acceptors (Lipinski definition) is 5. The van der Waals surface area contributed by atoms with E-state index in [4.69, 9.17) is 21.3 Å². The van der Waals surface area contributed by atoms with Gasteiger partial charge in [-0.25, -0.2) is 4.57 Å². The average Bonchev–Trinajstić information content (AvgIpc) is 3.81. The Labute approximate surface area is 489 Å². The highest BCUT2D eigenvalue weighted by molar-refractivity contribution is 7.20. The molecule has 2 fully saturated rings. The van der Waals surface area contributed by atoms with Crippen LogP contribution in [0.2, 0.25) is 5.02 Å². The minimum atomic E-state index is -1.22. The first kappa shape index (κ1) is 54.9. The van der Waals surface area contributed by atoms with Gasteiger partial charge in [0.15, 0.2) is 0 Å². The Bertz CT molecular complexity index is 3210. The zero-order chi connectivity index (χ0) is 55.8. The van der Waals surface area contributed by atoms with Crippen molar-refractivity contribution < 1.29 is 13.9 Å². The highest BCUT2D eigenvalue weighted by Crippen LogP contribution is 2.27. The van der Waals surface area contributed by atoms with E-state index < -0.39 is 12.3 Å². The molecule has 7 nitrogen and oxygen atoms in total. The number of hydrogen-bond donors (Lipinski definition) is 0. The molecular formula is C72H69B2ClN6O. The fourth-order valence-corrected chi connectivity index (χ4v) is 12.9. The molecule has 0 unspecified atom stereocenters. The Kier molecular flexibility index (Phi) is 17.7. The quantitative estimate of drug-likeness (QED) is 0.0804. The Balaban J connectivity index is 0.000000131. The number of anilines is 2. The van der Waals surface area contributed by atoms with Gasteiger partial charge in [0.1, 0.15) is 12.3 Å². The first-order chi connectivity index (χ1) is 40.6. The van der Waals surface area contributed by atoms with Crippen molar-refractivity contribution in [1.82, 2.24) is 9.97 Å². The van der Waals surface area contributed by atoms with E-state index in [0.717, 1.165) is 26.2 Å². The zero-order valence-corrected chi connectivity index (χ0v) is 47.5. The van der Waals surface area contributed by atoms with E-state index in [2.05, 4.69) is 282 Å². The lowest BCUT2D eigenvalue weighted by Crippen LogP contribution is -2.74. The molecule has 13 rings (SSSR count). The van der Waals surface area contributed by atoms with Crippen molar-refractivity contribution in [2.24, 2.45) is 0 Å². The standard InChI is InChI=1S/2C24H20B.C24H29ClN6O/c2*1-5-13-21(14-6-1)25(22-15-7-2-8-16-22,23-17-9-3-10-18-23)24-19-11-4-12-20-24;1-2-32-23-21(25)22(30-15-7-19(8-16-30)28-11-3-4-12-28)26-24(27-23)31-17-9-20(10-18-31)29-13-5-6-14-29/h2*1-20H;7-10,15-18H,2-6,11-14H2,1H3/q2*-1;+2. The number of nitrogens with zero attached hydrogens (tertiary/aromatic N) is 6. The number of halogens is 1. The topological polar surface area (TPSA) is 49.3 Å². The molecule has 82 heavy (non-hydrogen) atoms. The molecule has 11 aromatic rings. The third kappa shape index (κ3) is 11.7. The SMILES string of the molecule is CCOc1nc(-[n+]2ccc(N3CCCC3)cc2)nc(-[n+]2ccc(N3CCCC3)cc2)c1Cl.c1ccc([B-](c2ccccc2)(c2ccccc2)c2ccccc2)cc1.c1ccc([B-](c2ccccc2)(c2ccccc2)c2ccccc2)cc1. The van der Waals surface area contributed by atoms with Gasteiger partial charge in [-0.05, 0) is 49.7 Å². The summed E-state index contributed by atoms with van der Waals surface area (Å²) in [6, 6.07) is 95.5. The van der Waals surface area contributed by atoms with Gasteiger partial charge in [0.2, 0.25) is 5.02 Å². The van der Waals surface area contributed by atoms with Gasteiger partial charge in [-0.15, -0.1) is 0 Å². The maximum absolute atomic E-state index is 6.66. The number of aromatic nitrogens is 4. The van der Waals surface area contributed by atoms with E-state index in [0.29, 0.717) is 29.3 Å². The van der Waals surface area contributed by atoms with E-state index in [1.165, 1.54) is 80.8 Å².